The lowest BCUT2D eigenvalue weighted by Crippen LogP contribution is -2.33. The van der Waals surface area contributed by atoms with E-state index in [0.29, 0.717) is 5.06 Å². The Bertz CT molecular complexity index is 961. The molecule has 0 bridgehead atoms. The highest BCUT2D eigenvalue weighted by atomic mass is 16.7. The molecule has 2 heterocycles. The van der Waals surface area contributed by atoms with E-state index in [1.54, 1.807) is 12.1 Å². The quantitative estimate of drug-likeness (QED) is 0.655. The highest BCUT2D eigenvalue weighted by molar-refractivity contribution is 6.20. The molecule has 4 rings (SSSR count). The van der Waals surface area contributed by atoms with Gasteiger partial charge in [-0.2, -0.15) is 0 Å². The third kappa shape index (κ3) is 3.13. The van der Waals surface area contributed by atoms with Crippen LogP contribution in [0.15, 0.2) is 79.1 Å². The van der Waals surface area contributed by atoms with Crippen LogP contribution < -0.4 is 0 Å². The summed E-state index contributed by atoms with van der Waals surface area (Å²) in [6.07, 6.45) is 3.69. The monoisotopic (exact) mass is 360 g/mol. The van der Waals surface area contributed by atoms with Gasteiger partial charge >= 0.3 is 5.97 Å². The summed E-state index contributed by atoms with van der Waals surface area (Å²) < 4.78 is 1.89. The van der Waals surface area contributed by atoms with E-state index in [0.717, 1.165) is 5.56 Å². The van der Waals surface area contributed by atoms with E-state index in [1.807, 2.05) is 59.4 Å². The van der Waals surface area contributed by atoms with Gasteiger partial charge in [-0.25, -0.2) is 4.79 Å². The predicted octanol–water partition coefficient (Wildman–Crippen LogP) is 3.22. The Labute approximate surface area is 155 Å². The second-order valence-electron chi connectivity index (χ2n) is 6.17. The van der Waals surface area contributed by atoms with Crippen molar-refractivity contribution in [1.82, 2.24) is 9.63 Å². The Kier molecular flexibility index (Phi) is 4.30. The summed E-state index contributed by atoms with van der Waals surface area (Å²) >= 11 is 0. The summed E-state index contributed by atoms with van der Waals surface area (Å²) in [4.78, 5) is 42.4. The minimum Gasteiger partial charge on any atom is -0.346 e. The molecule has 0 saturated heterocycles. The number of carbonyl (C=O) groups excluding carboxylic acids is 3. The van der Waals surface area contributed by atoms with Crippen LogP contribution in [0.25, 0.3) is 0 Å². The topological polar surface area (TPSA) is 68.6 Å². The number of imide groups is 1. The third-order valence-electron chi connectivity index (χ3n) is 4.48. The highest BCUT2D eigenvalue weighted by Gasteiger charge is 2.38. The molecule has 1 aliphatic rings. The molecule has 1 aromatic heterocycles. The Morgan fingerprint density at radius 1 is 0.815 bits per heavy atom. The zero-order valence-electron chi connectivity index (χ0n) is 14.3. The predicted molar refractivity (Wildman–Crippen MR) is 96.7 cm³/mol. The molecule has 27 heavy (non-hydrogen) atoms. The summed E-state index contributed by atoms with van der Waals surface area (Å²) in [5, 5.41) is 0.546. The standard InChI is InChI=1S/C21H16N2O4/c24-19(27-23-20(25)16-10-4-5-11-17(16)21(23)26)14-18(22-12-6-7-13-22)15-8-2-1-3-9-15/h1-13,18H,14H2. The molecule has 1 aliphatic heterocycles. The first-order chi connectivity index (χ1) is 13.1. The summed E-state index contributed by atoms with van der Waals surface area (Å²) in [5.74, 6) is -1.91. The lowest BCUT2D eigenvalue weighted by atomic mass is 10.0. The van der Waals surface area contributed by atoms with Crippen molar-refractivity contribution in [2.75, 3.05) is 0 Å². The van der Waals surface area contributed by atoms with E-state index in [4.69, 9.17) is 4.84 Å². The smallest absolute Gasteiger partial charge is 0.335 e. The van der Waals surface area contributed by atoms with Crippen molar-refractivity contribution in [3.05, 3.63) is 95.8 Å². The maximum absolute atomic E-state index is 12.5. The van der Waals surface area contributed by atoms with Gasteiger partial charge in [0.25, 0.3) is 11.8 Å². The Morgan fingerprint density at radius 2 is 1.37 bits per heavy atom. The number of rotatable bonds is 5. The maximum atomic E-state index is 12.5. The molecule has 1 unspecified atom stereocenters. The van der Waals surface area contributed by atoms with Gasteiger partial charge < -0.3 is 9.40 Å². The van der Waals surface area contributed by atoms with Crippen LogP contribution in [0, 0.1) is 0 Å². The zero-order chi connectivity index (χ0) is 18.8. The van der Waals surface area contributed by atoms with Gasteiger partial charge in [-0.15, -0.1) is 0 Å². The van der Waals surface area contributed by atoms with Crippen molar-refractivity contribution < 1.29 is 19.2 Å². The zero-order valence-corrected chi connectivity index (χ0v) is 14.3. The molecule has 0 N–H and O–H groups in total. The van der Waals surface area contributed by atoms with Gasteiger partial charge in [0, 0.05) is 12.4 Å². The fraction of sp³-hybridized carbons (Fsp3) is 0.0952. The minimum atomic E-state index is -0.660. The lowest BCUT2D eigenvalue weighted by molar-refractivity contribution is -0.169. The lowest BCUT2D eigenvalue weighted by Gasteiger charge is -2.20. The fourth-order valence-electron chi connectivity index (χ4n) is 3.17. The van der Waals surface area contributed by atoms with Crippen LogP contribution in [0.5, 0.6) is 0 Å². The number of benzene rings is 2. The summed E-state index contributed by atoms with van der Waals surface area (Å²) in [6.45, 7) is 0. The van der Waals surface area contributed by atoms with Crippen molar-refractivity contribution in [3.63, 3.8) is 0 Å². The van der Waals surface area contributed by atoms with Gasteiger partial charge in [0.2, 0.25) is 0 Å². The summed E-state index contributed by atoms with van der Waals surface area (Å²) in [6, 6.07) is 19.3. The Morgan fingerprint density at radius 3 is 1.96 bits per heavy atom. The number of hydrogen-bond acceptors (Lipinski definition) is 4. The first-order valence-corrected chi connectivity index (χ1v) is 8.51. The number of amides is 2. The van der Waals surface area contributed by atoms with Crippen molar-refractivity contribution >= 4 is 17.8 Å². The average molecular weight is 360 g/mol. The number of nitrogens with zero attached hydrogens (tertiary/aromatic N) is 2. The van der Waals surface area contributed by atoms with E-state index < -0.39 is 17.8 Å². The highest BCUT2D eigenvalue weighted by Crippen LogP contribution is 2.26. The average Bonchev–Trinajstić information content (AvgIpc) is 3.31. The van der Waals surface area contributed by atoms with Crippen molar-refractivity contribution in [3.8, 4) is 0 Å². The van der Waals surface area contributed by atoms with E-state index >= 15 is 0 Å². The van der Waals surface area contributed by atoms with Crippen molar-refractivity contribution in [1.29, 1.82) is 0 Å². The molecule has 1 atom stereocenters. The van der Waals surface area contributed by atoms with Gasteiger partial charge in [-0.05, 0) is 29.8 Å². The maximum Gasteiger partial charge on any atom is 0.335 e. The molecular weight excluding hydrogens is 344 g/mol. The van der Waals surface area contributed by atoms with Crippen LogP contribution >= 0.6 is 0 Å². The second-order valence-corrected chi connectivity index (χ2v) is 6.17. The molecule has 0 aliphatic carbocycles. The molecule has 6 heteroatoms. The first-order valence-electron chi connectivity index (χ1n) is 8.51. The van der Waals surface area contributed by atoms with Gasteiger partial charge in [0.15, 0.2) is 0 Å². The first kappa shape index (κ1) is 16.8. The van der Waals surface area contributed by atoms with Crippen LogP contribution in [-0.4, -0.2) is 27.4 Å². The SMILES string of the molecule is O=C(CC(c1ccccc1)n1cccc1)ON1C(=O)c2ccccc2C1=O. The molecular formula is C21H16N2O4. The van der Waals surface area contributed by atoms with E-state index in [2.05, 4.69) is 0 Å². The van der Waals surface area contributed by atoms with Gasteiger partial charge in [0.1, 0.15) is 0 Å². The van der Waals surface area contributed by atoms with Crippen LogP contribution in [-0.2, 0) is 9.63 Å². The second kappa shape index (κ2) is 6.92. The van der Waals surface area contributed by atoms with E-state index in [-0.39, 0.29) is 23.6 Å². The molecule has 0 saturated carbocycles. The van der Waals surface area contributed by atoms with Crippen molar-refractivity contribution in [2.24, 2.45) is 0 Å². The summed E-state index contributed by atoms with van der Waals surface area (Å²) in [7, 11) is 0. The van der Waals surface area contributed by atoms with Crippen LogP contribution in [0.1, 0.15) is 38.7 Å². The van der Waals surface area contributed by atoms with Gasteiger partial charge in [-0.3, -0.25) is 9.59 Å². The molecule has 0 fully saturated rings. The number of hydrogen-bond donors (Lipinski definition) is 0. The molecule has 0 spiro atoms. The number of fused-ring (bicyclic) bond motifs is 1. The van der Waals surface area contributed by atoms with Crippen molar-refractivity contribution in [2.45, 2.75) is 12.5 Å². The Balaban J connectivity index is 1.53. The van der Waals surface area contributed by atoms with Crippen LogP contribution in [0.3, 0.4) is 0 Å². The molecule has 3 aromatic rings. The number of aromatic nitrogens is 1. The van der Waals surface area contributed by atoms with E-state index in [9.17, 15) is 14.4 Å². The van der Waals surface area contributed by atoms with Gasteiger partial charge in [0.05, 0.1) is 23.6 Å². The van der Waals surface area contributed by atoms with Gasteiger partial charge in [-0.1, -0.05) is 47.5 Å². The fourth-order valence-corrected chi connectivity index (χ4v) is 3.17. The molecule has 6 nitrogen and oxygen atoms in total. The minimum absolute atomic E-state index is 0.0217. The third-order valence-corrected chi connectivity index (χ3v) is 4.48. The number of carbonyl (C=O) groups is 3. The van der Waals surface area contributed by atoms with Crippen LogP contribution in [0.2, 0.25) is 0 Å². The van der Waals surface area contributed by atoms with Crippen LogP contribution in [0.4, 0.5) is 0 Å². The summed E-state index contributed by atoms with van der Waals surface area (Å²) in [5.41, 5.74) is 1.40. The molecule has 2 aromatic carbocycles. The van der Waals surface area contributed by atoms with E-state index in [1.165, 1.54) is 12.1 Å². The normalized spacial score (nSPS) is 14.1. The molecule has 0 radical (unpaired) electrons. The molecule has 134 valence electrons. The molecule has 2 amide bonds. The number of hydroxylamine groups is 2. The Hall–Kier alpha value is -3.67. The largest absolute Gasteiger partial charge is 0.346 e.